The number of fused-ring (bicyclic) bond motifs is 2. The lowest BCUT2D eigenvalue weighted by Crippen LogP contribution is -2.16. The number of para-hydroxylation sites is 2. The van der Waals surface area contributed by atoms with Gasteiger partial charge in [0, 0.05) is 35.8 Å². The van der Waals surface area contributed by atoms with Crippen molar-refractivity contribution in [2.24, 2.45) is 0 Å². The number of nitrogens with one attached hydrogen (secondary N) is 1. The molecule has 2 aromatic carbocycles. The van der Waals surface area contributed by atoms with E-state index in [4.69, 9.17) is 4.74 Å². The quantitative estimate of drug-likeness (QED) is 0.318. The Kier molecular flexibility index (Phi) is 5.58. The summed E-state index contributed by atoms with van der Waals surface area (Å²) < 4.78 is 24.5. The van der Waals surface area contributed by atoms with Gasteiger partial charge in [-0.1, -0.05) is 36.0 Å². The van der Waals surface area contributed by atoms with Crippen molar-refractivity contribution < 1.29 is 9.13 Å². The minimum Gasteiger partial charge on any atom is -0.376 e. The number of ether oxygens (including phenoxy) is 1. The molecule has 6 rings (SSSR count). The Bertz CT molecular complexity index is 1470. The Morgan fingerprint density at radius 1 is 1.15 bits per heavy atom. The number of hydrogen-bond acceptors (Lipinski definition) is 5. The van der Waals surface area contributed by atoms with E-state index in [1.54, 1.807) is 17.8 Å². The first-order chi connectivity index (χ1) is 16.7. The SMILES string of the molecule is CCn1c(CSc2nnc(-c3c[nH]c4ccccc34)n2CC2CCCO2)nc2c(F)cccc21. The third-order valence-corrected chi connectivity index (χ3v) is 7.38. The summed E-state index contributed by atoms with van der Waals surface area (Å²) in [5.41, 5.74) is 3.33. The first kappa shape index (κ1) is 21.4. The number of thioether (sulfide) groups is 1. The Morgan fingerprint density at radius 3 is 2.91 bits per heavy atom. The molecule has 3 aromatic heterocycles. The number of aryl methyl sites for hydroxylation is 1. The minimum atomic E-state index is -0.292. The third-order valence-electron chi connectivity index (χ3n) is 6.41. The van der Waals surface area contributed by atoms with Crippen LogP contribution in [0.15, 0.2) is 53.8 Å². The molecule has 0 aliphatic carbocycles. The molecule has 0 saturated carbocycles. The van der Waals surface area contributed by atoms with Gasteiger partial charge in [0.05, 0.1) is 23.9 Å². The number of rotatable bonds is 7. The predicted molar refractivity (Wildman–Crippen MR) is 131 cm³/mol. The highest BCUT2D eigenvalue weighted by Gasteiger charge is 2.24. The van der Waals surface area contributed by atoms with Crippen molar-refractivity contribution in [3.05, 3.63) is 60.3 Å². The minimum absolute atomic E-state index is 0.147. The molecule has 9 heteroatoms. The van der Waals surface area contributed by atoms with Gasteiger partial charge in [-0.15, -0.1) is 10.2 Å². The van der Waals surface area contributed by atoms with E-state index < -0.39 is 0 Å². The van der Waals surface area contributed by atoms with E-state index in [1.165, 1.54) is 6.07 Å². The van der Waals surface area contributed by atoms with Crippen LogP contribution in [0.5, 0.6) is 0 Å². The summed E-state index contributed by atoms with van der Waals surface area (Å²) in [7, 11) is 0. The van der Waals surface area contributed by atoms with E-state index in [2.05, 4.69) is 48.4 Å². The molecule has 0 radical (unpaired) electrons. The van der Waals surface area contributed by atoms with Gasteiger partial charge in [0.1, 0.15) is 11.3 Å². The van der Waals surface area contributed by atoms with E-state index in [1.807, 2.05) is 24.4 Å². The molecule has 1 unspecified atom stereocenters. The molecule has 4 heterocycles. The molecular weight excluding hydrogens is 451 g/mol. The highest BCUT2D eigenvalue weighted by Crippen LogP contribution is 2.32. The van der Waals surface area contributed by atoms with E-state index in [0.29, 0.717) is 17.8 Å². The summed E-state index contributed by atoms with van der Waals surface area (Å²) in [6.45, 7) is 4.26. The molecule has 0 amide bonds. The van der Waals surface area contributed by atoms with Gasteiger partial charge in [0.25, 0.3) is 0 Å². The summed E-state index contributed by atoms with van der Waals surface area (Å²) in [6, 6.07) is 13.3. The lowest BCUT2D eigenvalue weighted by molar-refractivity contribution is 0.0953. The average molecular weight is 477 g/mol. The zero-order valence-electron chi connectivity index (χ0n) is 18.9. The van der Waals surface area contributed by atoms with Gasteiger partial charge in [-0.3, -0.25) is 4.57 Å². The lowest BCUT2D eigenvalue weighted by atomic mass is 10.1. The second-order valence-electron chi connectivity index (χ2n) is 8.47. The molecule has 1 aliphatic heterocycles. The van der Waals surface area contributed by atoms with Crippen molar-refractivity contribution in [1.29, 1.82) is 0 Å². The molecule has 5 aromatic rings. The summed E-state index contributed by atoms with van der Waals surface area (Å²) >= 11 is 1.58. The summed E-state index contributed by atoms with van der Waals surface area (Å²) in [4.78, 5) is 7.95. The predicted octanol–water partition coefficient (Wildman–Crippen LogP) is 5.41. The van der Waals surface area contributed by atoms with E-state index in [0.717, 1.165) is 64.8 Å². The highest BCUT2D eigenvalue weighted by molar-refractivity contribution is 7.98. The van der Waals surface area contributed by atoms with Crippen molar-refractivity contribution in [1.82, 2.24) is 29.3 Å². The standard InChI is InChI=1S/C25H25FN6OS/c1-2-31-21-11-5-9-19(26)23(21)28-22(31)15-34-25-30-29-24(32(25)14-16-7-6-12-33-16)18-13-27-20-10-4-3-8-17(18)20/h3-5,8-11,13,16,27H,2,6-7,12,14-15H2,1H3. The lowest BCUT2D eigenvalue weighted by Gasteiger charge is -2.14. The van der Waals surface area contributed by atoms with Crippen molar-refractivity contribution in [3.63, 3.8) is 0 Å². The maximum atomic E-state index is 14.3. The smallest absolute Gasteiger partial charge is 0.192 e. The van der Waals surface area contributed by atoms with E-state index in [9.17, 15) is 4.39 Å². The molecule has 1 atom stereocenters. The van der Waals surface area contributed by atoms with Gasteiger partial charge in [-0.2, -0.15) is 0 Å². The maximum Gasteiger partial charge on any atom is 0.192 e. The maximum absolute atomic E-state index is 14.3. The molecule has 1 fully saturated rings. The van der Waals surface area contributed by atoms with Crippen LogP contribution < -0.4 is 0 Å². The topological polar surface area (TPSA) is 73.5 Å². The molecule has 0 bridgehead atoms. The Balaban J connectivity index is 1.36. The second kappa shape index (κ2) is 8.88. The average Bonchev–Trinajstić information content (AvgIpc) is 3.64. The molecule has 0 spiro atoms. The van der Waals surface area contributed by atoms with Gasteiger partial charge in [0.15, 0.2) is 16.8 Å². The fourth-order valence-corrected chi connectivity index (χ4v) is 5.65. The van der Waals surface area contributed by atoms with E-state index in [-0.39, 0.29) is 11.9 Å². The summed E-state index contributed by atoms with van der Waals surface area (Å²) in [6.07, 6.45) is 4.24. The van der Waals surface area contributed by atoms with Crippen LogP contribution in [0.25, 0.3) is 33.3 Å². The van der Waals surface area contributed by atoms with Crippen molar-refractivity contribution in [3.8, 4) is 11.4 Å². The molecular formula is C25H25FN6OS. The Labute approximate surface area is 200 Å². The monoisotopic (exact) mass is 476 g/mol. The van der Waals surface area contributed by atoms with Crippen LogP contribution in [-0.4, -0.2) is 42.0 Å². The van der Waals surface area contributed by atoms with Crippen LogP contribution in [0.1, 0.15) is 25.6 Å². The van der Waals surface area contributed by atoms with Gasteiger partial charge >= 0.3 is 0 Å². The summed E-state index contributed by atoms with van der Waals surface area (Å²) in [5.74, 6) is 1.93. The van der Waals surface area contributed by atoms with E-state index >= 15 is 0 Å². The van der Waals surface area contributed by atoms with Crippen LogP contribution in [0, 0.1) is 5.82 Å². The molecule has 1 N–H and O–H groups in total. The fraction of sp³-hybridized carbons (Fsp3) is 0.320. The van der Waals surface area contributed by atoms with Crippen LogP contribution in [0.2, 0.25) is 0 Å². The molecule has 7 nitrogen and oxygen atoms in total. The first-order valence-corrected chi connectivity index (χ1v) is 12.6. The van der Waals surface area contributed by atoms with Crippen LogP contribution in [-0.2, 0) is 23.6 Å². The molecule has 34 heavy (non-hydrogen) atoms. The molecule has 174 valence electrons. The number of aromatic nitrogens is 6. The Morgan fingerprint density at radius 2 is 2.06 bits per heavy atom. The third kappa shape index (κ3) is 3.69. The summed E-state index contributed by atoms with van der Waals surface area (Å²) in [5, 5.41) is 11.1. The van der Waals surface area contributed by atoms with Crippen LogP contribution >= 0.6 is 11.8 Å². The first-order valence-electron chi connectivity index (χ1n) is 11.6. The van der Waals surface area contributed by atoms with Gasteiger partial charge < -0.3 is 14.3 Å². The van der Waals surface area contributed by atoms with Crippen molar-refractivity contribution >= 4 is 33.7 Å². The van der Waals surface area contributed by atoms with Crippen LogP contribution in [0.3, 0.4) is 0 Å². The van der Waals surface area contributed by atoms with Gasteiger partial charge in [-0.25, -0.2) is 9.37 Å². The number of aromatic amines is 1. The van der Waals surface area contributed by atoms with Crippen LogP contribution in [0.4, 0.5) is 4.39 Å². The largest absolute Gasteiger partial charge is 0.376 e. The zero-order valence-corrected chi connectivity index (χ0v) is 19.7. The van der Waals surface area contributed by atoms with Crippen molar-refractivity contribution in [2.45, 2.75) is 49.9 Å². The molecule has 1 aliphatic rings. The fourth-order valence-electron chi connectivity index (χ4n) is 4.76. The van der Waals surface area contributed by atoms with Gasteiger partial charge in [-0.05, 0) is 38.0 Å². The second-order valence-corrected chi connectivity index (χ2v) is 9.41. The Hall–Kier alpha value is -3.17. The number of nitrogens with zero attached hydrogens (tertiary/aromatic N) is 5. The number of imidazole rings is 1. The van der Waals surface area contributed by atoms with Gasteiger partial charge in [0.2, 0.25) is 0 Å². The zero-order chi connectivity index (χ0) is 23.1. The number of benzene rings is 2. The number of halogens is 1. The number of hydrogen-bond donors (Lipinski definition) is 1. The highest BCUT2D eigenvalue weighted by atomic mass is 32.2. The normalized spacial score (nSPS) is 16.2. The molecule has 1 saturated heterocycles. The number of H-pyrrole nitrogens is 1. The van der Waals surface area contributed by atoms with Crippen molar-refractivity contribution in [2.75, 3.05) is 6.61 Å².